The summed E-state index contributed by atoms with van der Waals surface area (Å²) in [6.07, 6.45) is 1.10. The molecule has 6 nitrogen and oxygen atoms in total. The summed E-state index contributed by atoms with van der Waals surface area (Å²) in [5.74, 6) is -1.15. The quantitative estimate of drug-likeness (QED) is 0.674. The number of benzene rings is 1. The summed E-state index contributed by atoms with van der Waals surface area (Å²) in [6.45, 7) is 1.81. The van der Waals surface area contributed by atoms with Crippen molar-refractivity contribution in [3.8, 4) is 11.5 Å². The second kappa shape index (κ2) is 6.27. The number of aliphatic hydroxyl groups is 1. The summed E-state index contributed by atoms with van der Waals surface area (Å²) in [6, 6.07) is 6.46. The van der Waals surface area contributed by atoms with Gasteiger partial charge in [0.05, 0.1) is 22.9 Å². The number of hydrogen-bond acceptors (Lipinski definition) is 5. The molecule has 1 heterocycles. The van der Waals surface area contributed by atoms with Gasteiger partial charge in [-0.15, -0.1) is 0 Å². The third-order valence-corrected chi connectivity index (χ3v) is 2.85. The molecule has 1 N–H and O–H groups in total. The first-order valence-electron chi connectivity index (χ1n) is 6.27. The van der Waals surface area contributed by atoms with Crippen LogP contribution in [-0.2, 0) is 0 Å². The Morgan fingerprint density at radius 1 is 1.43 bits per heavy atom. The van der Waals surface area contributed by atoms with Crippen molar-refractivity contribution in [2.75, 3.05) is 0 Å². The van der Waals surface area contributed by atoms with Crippen LogP contribution in [0.2, 0.25) is 0 Å². The fraction of sp³-hybridized carbons (Fsp3) is 0.214. The number of para-hydroxylation sites is 1. The Kier molecular flexibility index (Phi) is 4.44. The molecule has 1 aromatic heterocycles. The Labute approximate surface area is 120 Å². The Bertz CT molecular complexity index is 646. The smallest absolute Gasteiger partial charge is 0.314 e. The topological polar surface area (TPSA) is 85.5 Å². The molecule has 7 heteroatoms. The highest BCUT2D eigenvalue weighted by Gasteiger charge is 2.20. The van der Waals surface area contributed by atoms with E-state index in [0.29, 0.717) is 12.1 Å². The van der Waals surface area contributed by atoms with Gasteiger partial charge in [-0.05, 0) is 24.6 Å². The van der Waals surface area contributed by atoms with Gasteiger partial charge in [-0.3, -0.25) is 15.1 Å². The zero-order valence-corrected chi connectivity index (χ0v) is 11.2. The summed E-state index contributed by atoms with van der Waals surface area (Å²) < 4.78 is 18.9. The van der Waals surface area contributed by atoms with Gasteiger partial charge < -0.3 is 9.84 Å². The molecule has 0 saturated carbocycles. The lowest BCUT2D eigenvalue weighted by molar-refractivity contribution is -0.385. The minimum Gasteiger partial charge on any atom is -0.445 e. The summed E-state index contributed by atoms with van der Waals surface area (Å²) in [5, 5.41) is 20.5. The highest BCUT2D eigenvalue weighted by atomic mass is 19.1. The van der Waals surface area contributed by atoms with Crippen LogP contribution in [0.3, 0.4) is 0 Å². The van der Waals surface area contributed by atoms with Crippen LogP contribution in [0.5, 0.6) is 11.5 Å². The second-order valence-electron chi connectivity index (χ2n) is 4.29. The number of nitro benzene ring substituents is 1. The van der Waals surface area contributed by atoms with Crippen LogP contribution < -0.4 is 4.74 Å². The maximum atomic E-state index is 13.7. The van der Waals surface area contributed by atoms with Gasteiger partial charge in [-0.1, -0.05) is 13.0 Å². The van der Waals surface area contributed by atoms with Crippen molar-refractivity contribution >= 4 is 5.69 Å². The fourth-order valence-corrected chi connectivity index (χ4v) is 1.72. The van der Waals surface area contributed by atoms with Gasteiger partial charge in [0.25, 0.3) is 0 Å². The normalized spacial score (nSPS) is 12.0. The van der Waals surface area contributed by atoms with Crippen molar-refractivity contribution < 1.29 is 19.2 Å². The average molecular weight is 292 g/mol. The first-order chi connectivity index (χ1) is 10.0. The molecule has 0 aliphatic carbocycles. The summed E-state index contributed by atoms with van der Waals surface area (Å²) in [7, 11) is 0. The Morgan fingerprint density at radius 2 is 2.19 bits per heavy atom. The molecule has 2 aromatic rings. The maximum absolute atomic E-state index is 13.7. The molecule has 0 spiro atoms. The van der Waals surface area contributed by atoms with E-state index in [1.54, 1.807) is 6.92 Å². The van der Waals surface area contributed by atoms with E-state index in [9.17, 15) is 19.6 Å². The number of halogens is 1. The van der Waals surface area contributed by atoms with E-state index in [-0.39, 0.29) is 5.75 Å². The Hall–Kier alpha value is -2.54. The number of ether oxygens (including phenoxy) is 1. The molecule has 1 atom stereocenters. The molecule has 0 fully saturated rings. The Balaban J connectivity index is 2.28. The van der Waals surface area contributed by atoms with Crippen LogP contribution in [0.25, 0.3) is 0 Å². The van der Waals surface area contributed by atoms with Gasteiger partial charge in [0.2, 0.25) is 5.75 Å². The molecule has 110 valence electrons. The molecule has 0 radical (unpaired) electrons. The van der Waals surface area contributed by atoms with Crippen LogP contribution in [-0.4, -0.2) is 15.0 Å². The van der Waals surface area contributed by atoms with Gasteiger partial charge in [0.15, 0.2) is 5.82 Å². The van der Waals surface area contributed by atoms with E-state index in [2.05, 4.69) is 4.98 Å². The minimum atomic E-state index is -0.832. The zero-order chi connectivity index (χ0) is 15.4. The highest BCUT2D eigenvalue weighted by Crippen LogP contribution is 2.33. The van der Waals surface area contributed by atoms with E-state index in [1.165, 1.54) is 24.4 Å². The SMILES string of the molecule is CCC(O)c1ccc(Oc2c(F)cccc2[N+](=O)[O-])cn1. The van der Waals surface area contributed by atoms with Crippen LogP contribution in [0.1, 0.15) is 25.1 Å². The molecule has 1 aromatic carbocycles. The van der Waals surface area contributed by atoms with Crippen LogP contribution in [0, 0.1) is 15.9 Å². The molecular weight excluding hydrogens is 279 g/mol. The average Bonchev–Trinajstić information content (AvgIpc) is 2.49. The van der Waals surface area contributed by atoms with Crippen LogP contribution in [0.4, 0.5) is 10.1 Å². The van der Waals surface area contributed by atoms with Gasteiger partial charge in [0, 0.05) is 6.07 Å². The number of nitro groups is 1. The van der Waals surface area contributed by atoms with Gasteiger partial charge >= 0.3 is 5.69 Å². The molecule has 0 aliphatic rings. The first-order valence-corrected chi connectivity index (χ1v) is 6.27. The highest BCUT2D eigenvalue weighted by molar-refractivity contribution is 5.49. The summed E-state index contributed by atoms with van der Waals surface area (Å²) >= 11 is 0. The molecule has 0 bridgehead atoms. The summed E-state index contributed by atoms with van der Waals surface area (Å²) in [4.78, 5) is 14.1. The standard InChI is InChI=1S/C14H13FN2O4/c1-2-13(18)11-7-6-9(8-16-11)21-14-10(15)4-3-5-12(14)17(19)20/h3-8,13,18H,2H2,1H3. The van der Waals surface area contributed by atoms with Gasteiger partial charge in [-0.25, -0.2) is 4.39 Å². The fourth-order valence-electron chi connectivity index (χ4n) is 1.72. The van der Waals surface area contributed by atoms with Crippen molar-refractivity contribution in [3.05, 3.63) is 58.2 Å². The van der Waals surface area contributed by atoms with Crippen molar-refractivity contribution in [2.24, 2.45) is 0 Å². The third-order valence-electron chi connectivity index (χ3n) is 2.85. The number of aromatic nitrogens is 1. The lowest BCUT2D eigenvalue weighted by Gasteiger charge is -2.09. The number of aliphatic hydroxyl groups excluding tert-OH is 1. The van der Waals surface area contributed by atoms with Crippen LogP contribution >= 0.6 is 0 Å². The van der Waals surface area contributed by atoms with Crippen molar-refractivity contribution in [1.82, 2.24) is 4.98 Å². The molecule has 0 amide bonds. The van der Waals surface area contributed by atoms with E-state index in [1.807, 2.05) is 0 Å². The molecule has 1 unspecified atom stereocenters. The van der Waals surface area contributed by atoms with Crippen LogP contribution in [0.15, 0.2) is 36.5 Å². The third kappa shape index (κ3) is 3.32. The van der Waals surface area contributed by atoms with E-state index >= 15 is 0 Å². The van der Waals surface area contributed by atoms with E-state index in [0.717, 1.165) is 12.1 Å². The number of hydrogen-bond donors (Lipinski definition) is 1. The first kappa shape index (κ1) is 14.9. The molecule has 0 aliphatic heterocycles. The van der Waals surface area contributed by atoms with E-state index in [4.69, 9.17) is 4.74 Å². The number of rotatable bonds is 5. The second-order valence-corrected chi connectivity index (χ2v) is 4.29. The molecule has 21 heavy (non-hydrogen) atoms. The van der Waals surface area contributed by atoms with Gasteiger partial charge in [0.1, 0.15) is 5.75 Å². The maximum Gasteiger partial charge on any atom is 0.314 e. The lowest BCUT2D eigenvalue weighted by atomic mass is 10.2. The molecular formula is C14H13FN2O4. The number of nitrogens with zero attached hydrogens (tertiary/aromatic N) is 2. The predicted octanol–water partition coefficient (Wildman–Crippen LogP) is 3.36. The number of pyridine rings is 1. The van der Waals surface area contributed by atoms with Crippen molar-refractivity contribution in [1.29, 1.82) is 0 Å². The summed E-state index contributed by atoms with van der Waals surface area (Å²) in [5.41, 5.74) is -0.0134. The van der Waals surface area contributed by atoms with Crippen molar-refractivity contribution in [2.45, 2.75) is 19.4 Å². The Morgan fingerprint density at radius 3 is 2.76 bits per heavy atom. The molecule has 0 saturated heterocycles. The largest absolute Gasteiger partial charge is 0.445 e. The lowest BCUT2D eigenvalue weighted by Crippen LogP contribution is -1.99. The van der Waals surface area contributed by atoms with Crippen molar-refractivity contribution in [3.63, 3.8) is 0 Å². The minimum absolute atomic E-state index is 0.148. The van der Waals surface area contributed by atoms with Gasteiger partial charge in [-0.2, -0.15) is 0 Å². The predicted molar refractivity (Wildman–Crippen MR) is 72.6 cm³/mol. The van der Waals surface area contributed by atoms with E-state index < -0.39 is 28.3 Å². The molecule has 2 rings (SSSR count). The zero-order valence-electron chi connectivity index (χ0n) is 11.2. The monoisotopic (exact) mass is 292 g/mol.